The molecule has 2 saturated heterocycles. The Bertz CT molecular complexity index is 610. The summed E-state index contributed by atoms with van der Waals surface area (Å²) in [6.07, 6.45) is 10.5. The van der Waals surface area contributed by atoms with E-state index in [4.69, 9.17) is 0 Å². The number of allylic oxidation sites excluding steroid dienone is 4. The molecular formula is C25H46N4O. The van der Waals surface area contributed by atoms with Gasteiger partial charge in [0.15, 0.2) is 5.78 Å². The maximum atomic E-state index is 12.7. The molecule has 2 N–H and O–H groups in total. The number of rotatable bonds is 6. The van der Waals surface area contributed by atoms with Gasteiger partial charge in [-0.05, 0) is 108 Å². The number of nitrogens with one attached hydrogen (secondary N) is 2. The van der Waals surface area contributed by atoms with E-state index in [9.17, 15) is 4.79 Å². The first-order valence-corrected chi connectivity index (χ1v) is 11.6. The van der Waals surface area contributed by atoms with Crippen LogP contribution < -0.4 is 10.9 Å². The number of piperidine rings is 2. The van der Waals surface area contributed by atoms with Crippen LogP contribution in [0, 0.1) is 0 Å². The summed E-state index contributed by atoms with van der Waals surface area (Å²) in [7, 11) is 0. The SMILES string of the molecule is CC(=CC(=O)C=C(C)NN1C(C)(C)CCCC1(C)C)NN1C(C)(C)CCCC1(C)C. The van der Waals surface area contributed by atoms with Crippen LogP contribution in [0.3, 0.4) is 0 Å². The molecule has 5 heteroatoms. The molecule has 0 bridgehead atoms. The highest BCUT2D eigenvalue weighted by molar-refractivity contribution is 5.99. The van der Waals surface area contributed by atoms with Crippen molar-refractivity contribution >= 4 is 5.78 Å². The zero-order valence-corrected chi connectivity index (χ0v) is 21.2. The lowest BCUT2D eigenvalue weighted by Gasteiger charge is -2.53. The van der Waals surface area contributed by atoms with E-state index < -0.39 is 0 Å². The van der Waals surface area contributed by atoms with Crippen LogP contribution in [0.15, 0.2) is 23.5 Å². The van der Waals surface area contributed by atoms with Crippen molar-refractivity contribution in [1.29, 1.82) is 0 Å². The number of hydrazine groups is 2. The van der Waals surface area contributed by atoms with Crippen molar-refractivity contribution in [3.05, 3.63) is 23.5 Å². The molecule has 0 aromatic heterocycles. The molecule has 0 saturated carbocycles. The molecule has 2 aliphatic heterocycles. The molecule has 0 spiro atoms. The van der Waals surface area contributed by atoms with Crippen molar-refractivity contribution in [1.82, 2.24) is 20.9 Å². The standard InChI is InChI=1S/C25H46N4O/c1-19(26-28-22(3,4)13-11-14-23(28,5)6)17-21(30)18-20(2)27-29-24(7,8)15-12-16-25(29,9)10/h17-18,26-27H,11-16H2,1-10H3. The van der Waals surface area contributed by atoms with Crippen LogP contribution >= 0.6 is 0 Å². The molecule has 0 amide bonds. The smallest absolute Gasteiger partial charge is 0.182 e. The van der Waals surface area contributed by atoms with Gasteiger partial charge < -0.3 is 10.9 Å². The van der Waals surface area contributed by atoms with E-state index in [2.05, 4.69) is 76.3 Å². The number of hydrogen-bond acceptors (Lipinski definition) is 5. The van der Waals surface area contributed by atoms with Gasteiger partial charge in [0.25, 0.3) is 0 Å². The Morgan fingerprint density at radius 1 is 0.633 bits per heavy atom. The van der Waals surface area contributed by atoms with Gasteiger partial charge in [0.1, 0.15) is 0 Å². The van der Waals surface area contributed by atoms with Crippen LogP contribution in [0.1, 0.15) is 108 Å². The Hall–Kier alpha value is -1.33. The van der Waals surface area contributed by atoms with Gasteiger partial charge in [0, 0.05) is 45.7 Å². The highest BCUT2D eigenvalue weighted by atomic mass is 16.1. The third kappa shape index (κ3) is 5.88. The van der Waals surface area contributed by atoms with Crippen LogP contribution in [0.4, 0.5) is 0 Å². The predicted molar refractivity (Wildman–Crippen MR) is 126 cm³/mol. The van der Waals surface area contributed by atoms with E-state index in [0.29, 0.717) is 0 Å². The molecule has 0 aliphatic carbocycles. The van der Waals surface area contributed by atoms with Crippen molar-refractivity contribution in [3.8, 4) is 0 Å². The van der Waals surface area contributed by atoms with Crippen molar-refractivity contribution in [2.75, 3.05) is 0 Å². The molecule has 0 unspecified atom stereocenters. The third-order valence-corrected chi connectivity index (χ3v) is 6.87. The van der Waals surface area contributed by atoms with Crippen LogP contribution in [-0.2, 0) is 4.79 Å². The van der Waals surface area contributed by atoms with Crippen LogP contribution in [0.2, 0.25) is 0 Å². The highest BCUT2D eigenvalue weighted by Gasteiger charge is 2.42. The summed E-state index contributed by atoms with van der Waals surface area (Å²) >= 11 is 0. The lowest BCUT2D eigenvalue weighted by Crippen LogP contribution is -2.63. The van der Waals surface area contributed by atoms with Gasteiger partial charge in [-0.2, -0.15) is 0 Å². The van der Waals surface area contributed by atoms with Gasteiger partial charge in [-0.3, -0.25) is 4.79 Å². The molecular weight excluding hydrogens is 372 g/mol. The van der Waals surface area contributed by atoms with Crippen LogP contribution in [0.5, 0.6) is 0 Å². The number of carbonyl (C=O) groups is 1. The summed E-state index contributed by atoms with van der Waals surface area (Å²) in [5, 5.41) is 4.66. The van der Waals surface area contributed by atoms with Gasteiger partial charge in [0.2, 0.25) is 0 Å². The number of hydrogen-bond donors (Lipinski definition) is 2. The first-order chi connectivity index (χ1) is 13.6. The summed E-state index contributed by atoms with van der Waals surface area (Å²) in [5.41, 5.74) is 9.03. The lowest BCUT2D eigenvalue weighted by atomic mass is 9.81. The monoisotopic (exact) mass is 418 g/mol. The minimum Gasteiger partial charge on any atom is -0.322 e. The number of carbonyl (C=O) groups excluding carboxylic acids is 1. The zero-order chi connectivity index (χ0) is 23.0. The van der Waals surface area contributed by atoms with Crippen LogP contribution in [-0.4, -0.2) is 38.0 Å². The quantitative estimate of drug-likeness (QED) is 0.561. The second-order valence-corrected chi connectivity index (χ2v) is 11.9. The number of ketones is 1. The molecule has 5 nitrogen and oxygen atoms in total. The molecule has 172 valence electrons. The summed E-state index contributed by atoms with van der Waals surface area (Å²) in [6, 6.07) is 0. The van der Waals surface area contributed by atoms with E-state index in [1.54, 1.807) is 12.2 Å². The van der Waals surface area contributed by atoms with Gasteiger partial charge in [-0.1, -0.05) is 0 Å². The van der Waals surface area contributed by atoms with E-state index in [0.717, 1.165) is 37.1 Å². The average molecular weight is 419 g/mol. The average Bonchev–Trinajstić information content (AvgIpc) is 2.54. The fraction of sp³-hybridized carbons (Fsp3) is 0.800. The fourth-order valence-electron chi connectivity index (χ4n) is 5.48. The molecule has 2 aliphatic rings. The second kappa shape index (κ2) is 8.66. The van der Waals surface area contributed by atoms with E-state index >= 15 is 0 Å². The molecule has 2 heterocycles. The fourth-order valence-corrected chi connectivity index (χ4v) is 5.48. The second-order valence-electron chi connectivity index (χ2n) is 11.9. The molecule has 2 fully saturated rings. The number of nitrogens with zero attached hydrogens (tertiary/aromatic N) is 2. The molecule has 2 rings (SSSR count). The maximum absolute atomic E-state index is 12.7. The third-order valence-electron chi connectivity index (χ3n) is 6.87. The van der Waals surface area contributed by atoms with Gasteiger partial charge in [-0.25, -0.2) is 10.0 Å². The van der Waals surface area contributed by atoms with Crippen molar-refractivity contribution < 1.29 is 4.79 Å². The largest absolute Gasteiger partial charge is 0.322 e. The zero-order valence-electron chi connectivity index (χ0n) is 21.2. The van der Waals surface area contributed by atoms with E-state index in [-0.39, 0.29) is 27.9 Å². The summed E-state index contributed by atoms with van der Waals surface area (Å²) < 4.78 is 0. The molecule has 30 heavy (non-hydrogen) atoms. The molecule has 0 radical (unpaired) electrons. The first kappa shape index (κ1) is 24.9. The highest BCUT2D eigenvalue weighted by Crippen LogP contribution is 2.37. The predicted octanol–water partition coefficient (Wildman–Crippen LogP) is 5.46. The van der Waals surface area contributed by atoms with Gasteiger partial charge in [0.05, 0.1) is 0 Å². The Labute approximate surface area is 185 Å². The normalized spacial score (nSPS) is 26.9. The van der Waals surface area contributed by atoms with Crippen LogP contribution in [0.25, 0.3) is 0 Å². The minimum atomic E-state index is 0.00485. The topological polar surface area (TPSA) is 47.6 Å². The molecule has 0 aromatic rings. The van der Waals surface area contributed by atoms with Gasteiger partial charge in [-0.15, -0.1) is 0 Å². The van der Waals surface area contributed by atoms with Crippen molar-refractivity contribution in [2.24, 2.45) is 0 Å². The van der Waals surface area contributed by atoms with Gasteiger partial charge >= 0.3 is 0 Å². The van der Waals surface area contributed by atoms with Crippen molar-refractivity contribution in [2.45, 2.75) is 130 Å². The maximum Gasteiger partial charge on any atom is 0.182 e. The first-order valence-electron chi connectivity index (χ1n) is 11.6. The molecule has 0 aromatic carbocycles. The van der Waals surface area contributed by atoms with E-state index in [1.165, 1.54) is 12.8 Å². The Kier molecular flexibility index (Phi) is 7.20. The summed E-state index contributed by atoms with van der Waals surface area (Å²) in [6.45, 7) is 22.1. The van der Waals surface area contributed by atoms with Crippen molar-refractivity contribution in [3.63, 3.8) is 0 Å². The Balaban J connectivity index is 2.08. The minimum absolute atomic E-state index is 0.00485. The lowest BCUT2D eigenvalue weighted by molar-refractivity contribution is -0.110. The summed E-state index contributed by atoms with van der Waals surface area (Å²) in [5.74, 6) is 0.00485. The summed E-state index contributed by atoms with van der Waals surface area (Å²) in [4.78, 5) is 12.7. The molecule has 0 atom stereocenters. The Morgan fingerprint density at radius 2 is 0.900 bits per heavy atom. The van der Waals surface area contributed by atoms with E-state index in [1.807, 2.05) is 13.8 Å². The Morgan fingerprint density at radius 3 is 1.17 bits per heavy atom.